The Balaban J connectivity index is 2.04. The zero-order valence-corrected chi connectivity index (χ0v) is 12.3. The summed E-state index contributed by atoms with van der Waals surface area (Å²) < 4.78 is 4.71. The first-order chi connectivity index (χ1) is 10.2. The van der Waals surface area contributed by atoms with Gasteiger partial charge in [0.15, 0.2) is 0 Å². The molecule has 4 nitrogen and oxygen atoms in total. The first-order valence-electron chi connectivity index (χ1n) is 7.17. The molecule has 0 saturated carbocycles. The molecule has 21 heavy (non-hydrogen) atoms. The van der Waals surface area contributed by atoms with Crippen LogP contribution in [0.3, 0.4) is 0 Å². The molecule has 0 N–H and O–H groups in total. The van der Waals surface area contributed by atoms with E-state index in [0.29, 0.717) is 13.1 Å². The highest BCUT2D eigenvalue weighted by molar-refractivity contribution is 5.82. The van der Waals surface area contributed by atoms with Gasteiger partial charge >= 0.3 is 5.97 Å². The van der Waals surface area contributed by atoms with Gasteiger partial charge < -0.3 is 9.64 Å². The van der Waals surface area contributed by atoms with Crippen LogP contribution >= 0.6 is 0 Å². The Labute approximate surface area is 125 Å². The number of likely N-dealkylation sites (tertiary alicyclic amines) is 1. The van der Waals surface area contributed by atoms with E-state index in [4.69, 9.17) is 4.74 Å². The molecule has 4 heteroatoms. The van der Waals surface area contributed by atoms with Crippen molar-refractivity contribution in [1.29, 1.82) is 0 Å². The van der Waals surface area contributed by atoms with Gasteiger partial charge in [-0.05, 0) is 17.9 Å². The minimum atomic E-state index is -0.304. The lowest BCUT2D eigenvalue weighted by Gasteiger charge is -2.36. The zero-order chi connectivity index (χ0) is 15.2. The minimum Gasteiger partial charge on any atom is -0.469 e. The molecule has 0 aromatic heterocycles. The van der Waals surface area contributed by atoms with Crippen LogP contribution in [-0.4, -0.2) is 30.4 Å². The van der Waals surface area contributed by atoms with Crippen molar-refractivity contribution in [2.24, 2.45) is 11.8 Å². The lowest BCUT2D eigenvalue weighted by Crippen LogP contribution is -2.45. The third-order valence-electron chi connectivity index (χ3n) is 4.00. The van der Waals surface area contributed by atoms with Gasteiger partial charge in [-0.1, -0.05) is 36.4 Å². The Morgan fingerprint density at radius 2 is 2.14 bits per heavy atom. The van der Waals surface area contributed by atoms with Gasteiger partial charge in [0.05, 0.1) is 13.0 Å². The second-order valence-electron chi connectivity index (χ2n) is 5.34. The van der Waals surface area contributed by atoms with Crippen LogP contribution in [0.1, 0.15) is 18.4 Å². The van der Waals surface area contributed by atoms with E-state index in [2.05, 4.69) is 6.58 Å². The number of carbonyl (C=O) groups excluding carboxylic acids is 2. The van der Waals surface area contributed by atoms with Crippen molar-refractivity contribution >= 4 is 11.9 Å². The average molecular weight is 287 g/mol. The van der Waals surface area contributed by atoms with Crippen LogP contribution in [0, 0.1) is 11.8 Å². The Kier molecular flexibility index (Phi) is 5.14. The Morgan fingerprint density at radius 1 is 1.43 bits per heavy atom. The normalized spacial score (nSPS) is 22.0. The number of piperidine rings is 1. The third-order valence-corrected chi connectivity index (χ3v) is 4.00. The molecule has 1 aliphatic heterocycles. The van der Waals surface area contributed by atoms with E-state index in [0.717, 1.165) is 12.0 Å². The first kappa shape index (κ1) is 15.3. The van der Waals surface area contributed by atoms with E-state index in [1.165, 1.54) is 7.11 Å². The predicted octanol–water partition coefficient (Wildman–Crippen LogP) is 2.40. The molecular weight excluding hydrogens is 266 g/mol. The van der Waals surface area contributed by atoms with Crippen molar-refractivity contribution in [3.63, 3.8) is 0 Å². The lowest BCUT2D eigenvalue weighted by molar-refractivity contribution is -0.145. The molecule has 1 amide bonds. The lowest BCUT2D eigenvalue weighted by atomic mass is 9.82. The minimum absolute atomic E-state index is 0.00512. The van der Waals surface area contributed by atoms with Crippen molar-refractivity contribution in [2.75, 3.05) is 13.7 Å². The van der Waals surface area contributed by atoms with Gasteiger partial charge in [0.2, 0.25) is 5.91 Å². The smallest absolute Gasteiger partial charge is 0.305 e. The summed E-state index contributed by atoms with van der Waals surface area (Å²) in [5.74, 6) is -0.527. The molecule has 2 atom stereocenters. The number of rotatable bonds is 5. The fraction of sp³-hybridized carbons (Fsp3) is 0.412. The summed E-state index contributed by atoms with van der Waals surface area (Å²) in [5.41, 5.74) is 1.11. The molecular formula is C17H21NO3. The molecule has 1 saturated heterocycles. The molecule has 1 aliphatic rings. The SMILES string of the molecule is C=C[C@H]1C(=O)N(Cc2ccccc2)CC[C@H]1CC(=O)OC. The van der Waals surface area contributed by atoms with Crippen LogP contribution in [0.2, 0.25) is 0 Å². The third kappa shape index (κ3) is 3.72. The molecule has 0 radical (unpaired) electrons. The number of nitrogens with zero attached hydrogens (tertiary/aromatic N) is 1. The predicted molar refractivity (Wildman–Crippen MR) is 80.3 cm³/mol. The van der Waals surface area contributed by atoms with Gasteiger partial charge in [-0.2, -0.15) is 0 Å². The van der Waals surface area contributed by atoms with Crippen LogP contribution in [-0.2, 0) is 20.9 Å². The largest absolute Gasteiger partial charge is 0.469 e. The van der Waals surface area contributed by atoms with Crippen LogP contribution in [0.25, 0.3) is 0 Å². The van der Waals surface area contributed by atoms with E-state index in [9.17, 15) is 9.59 Å². The number of ether oxygens (including phenoxy) is 1. The van der Waals surface area contributed by atoms with Crippen molar-refractivity contribution in [1.82, 2.24) is 4.90 Å². The summed E-state index contributed by atoms with van der Waals surface area (Å²) in [7, 11) is 1.37. The molecule has 1 heterocycles. The van der Waals surface area contributed by atoms with Crippen LogP contribution in [0.15, 0.2) is 43.0 Å². The highest BCUT2D eigenvalue weighted by Crippen LogP contribution is 2.29. The Hall–Kier alpha value is -2.10. The maximum absolute atomic E-state index is 12.5. The van der Waals surface area contributed by atoms with E-state index >= 15 is 0 Å². The van der Waals surface area contributed by atoms with Crippen molar-refractivity contribution in [3.05, 3.63) is 48.6 Å². The van der Waals surface area contributed by atoms with Gasteiger partial charge in [0.25, 0.3) is 0 Å². The molecule has 0 bridgehead atoms. The quantitative estimate of drug-likeness (QED) is 0.617. The van der Waals surface area contributed by atoms with Gasteiger partial charge in [0.1, 0.15) is 0 Å². The maximum atomic E-state index is 12.5. The van der Waals surface area contributed by atoms with Crippen LogP contribution < -0.4 is 0 Å². The summed E-state index contributed by atoms with van der Waals surface area (Å²) in [6.07, 6.45) is 2.73. The fourth-order valence-electron chi connectivity index (χ4n) is 2.80. The molecule has 1 aromatic rings. The fourth-order valence-corrected chi connectivity index (χ4v) is 2.80. The summed E-state index contributed by atoms with van der Waals surface area (Å²) in [5, 5.41) is 0. The maximum Gasteiger partial charge on any atom is 0.305 e. The molecule has 112 valence electrons. The second-order valence-corrected chi connectivity index (χ2v) is 5.34. The van der Waals surface area contributed by atoms with E-state index in [-0.39, 0.29) is 30.1 Å². The second kappa shape index (κ2) is 7.07. The van der Waals surface area contributed by atoms with E-state index < -0.39 is 0 Å². The number of hydrogen-bond donors (Lipinski definition) is 0. The average Bonchev–Trinajstić information content (AvgIpc) is 2.51. The van der Waals surface area contributed by atoms with Gasteiger partial charge in [-0.15, -0.1) is 6.58 Å². The summed E-state index contributed by atoms with van der Waals surface area (Å²) in [6, 6.07) is 9.91. The van der Waals surface area contributed by atoms with Gasteiger partial charge in [-0.25, -0.2) is 0 Å². The topological polar surface area (TPSA) is 46.6 Å². The van der Waals surface area contributed by atoms with Gasteiger partial charge in [0, 0.05) is 19.5 Å². The number of methoxy groups -OCH3 is 1. The molecule has 0 aliphatic carbocycles. The molecule has 2 rings (SSSR count). The number of carbonyl (C=O) groups is 2. The first-order valence-corrected chi connectivity index (χ1v) is 7.17. The summed E-state index contributed by atoms with van der Waals surface area (Å²) in [6.45, 7) is 5.03. The highest BCUT2D eigenvalue weighted by atomic mass is 16.5. The highest BCUT2D eigenvalue weighted by Gasteiger charge is 2.35. The van der Waals surface area contributed by atoms with Crippen molar-refractivity contribution < 1.29 is 14.3 Å². The number of esters is 1. The summed E-state index contributed by atoms with van der Waals surface area (Å²) >= 11 is 0. The van der Waals surface area contributed by atoms with Crippen LogP contribution in [0.4, 0.5) is 0 Å². The van der Waals surface area contributed by atoms with E-state index in [1.807, 2.05) is 35.2 Å². The van der Waals surface area contributed by atoms with Crippen molar-refractivity contribution in [3.8, 4) is 0 Å². The molecule has 0 unspecified atom stereocenters. The van der Waals surface area contributed by atoms with Crippen LogP contribution in [0.5, 0.6) is 0 Å². The number of amides is 1. The molecule has 1 aromatic carbocycles. The van der Waals surface area contributed by atoms with Crippen molar-refractivity contribution in [2.45, 2.75) is 19.4 Å². The standard InChI is InChI=1S/C17H21NO3/c1-3-15-14(11-16(19)21-2)9-10-18(17(15)20)12-13-7-5-4-6-8-13/h3-8,14-15H,1,9-12H2,2H3/t14-,15+/m0/s1. The van der Waals surface area contributed by atoms with E-state index in [1.54, 1.807) is 6.08 Å². The summed E-state index contributed by atoms with van der Waals surface area (Å²) in [4.78, 5) is 25.8. The molecule has 1 fully saturated rings. The molecule has 0 spiro atoms. The zero-order valence-electron chi connectivity index (χ0n) is 12.3. The monoisotopic (exact) mass is 287 g/mol. The van der Waals surface area contributed by atoms with Gasteiger partial charge in [-0.3, -0.25) is 9.59 Å². The Morgan fingerprint density at radius 3 is 2.76 bits per heavy atom. The number of benzene rings is 1. The Bertz CT molecular complexity index is 512. The number of hydrogen-bond acceptors (Lipinski definition) is 3.